The molecule has 1 aliphatic rings. The number of Topliss-reactive ketones (excluding diaryl/α,β-unsaturated/α-hetero) is 1. The first-order valence-corrected chi connectivity index (χ1v) is 8.55. The molecule has 0 amide bonds. The summed E-state index contributed by atoms with van der Waals surface area (Å²) in [4.78, 5) is 14.7. The maximum Gasteiger partial charge on any atom is 0.170 e. The van der Waals surface area contributed by atoms with E-state index in [9.17, 15) is 18.7 Å². The maximum absolute atomic E-state index is 13.9. The van der Waals surface area contributed by atoms with Crippen LogP contribution in [0.5, 0.6) is 11.5 Å². The lowest BCUT2D eigenvalue weighted by Crippen LogP contribution is -2.38. The number of methoxy groups -OCH3 is 1. The molecule has 1 fully saturated rings. The zero-order valence-corrected chi connectivity index (χ0v) is 14.5. The van der Waals surface area contributed by atoms with E-state index in [1.54, 1.807) is 25.3 Å². The standard InChI is InChI=1S/C20H21F2NO3/c1-26-16-5-7-19(24)14(9-16)12-23-8-2-3-13(11-23)20(25)17-10-15(21)4-6-18(17)22/h4-7,9-10,13,24H,2-3,8,11-12H2,1H3/t13-/m0/s1. The minimum atomic E-state index is -0.695. The summed E-state index contributed by atoms with van der Waals surface area (Å²) in [5.41, 5.74) is 0.510. The number of carbonyl (C=O) groups excluding carboxylic acids is 1. The molecule has 1 N–H and O–H groups in total. The second-order valence-corrected chi connectivity index (χ2v) is 6.56. The van der Waals surface area contributed by atoms with E-state index in [2.05, 4.69) is 0 Å². The van der Waals surface area contributed by atoms with Gasteiger partial charge in [-0.15, -0.1) is 0 Å². The minimum Gasteiger partial charge on any atom is -0.508 e. The Hall–Kier alpha value is -2.47. The molecule has 0 aliphatic carbocycles. The number of ketones is 1. The van der Waals surface area contributed by atoms with Gasteiger partial charge in [0.25, 0.3) is 0 Å². The molecule has 1 heterocycles. The van der Waals surface area contributed by atoms with Crippen LogP contribution >= 0.6 is 0 Å². The van der Waals surface area contributed by atoms with Crippen molar-refractivity contribution in [1.29, 1.82) is 0 Å². The molecule has 2 aromatic carbocycles. The minimum absolute atomic E-state index is 0.162. The van der Waals surface area contributed by atoms with Crippen molar-refractivity contribution in [2.45, 2.75) is 19.4 Å². The van der Waals surface area contributed by atoms with Crippen molar-refractivity contribution in [2.75, 3.05) is 20.2 Å². The Kier molecular flexibility index (Phi) is 5.52. The third-order valence-corrected chi connectivity index (χ3v) is 4.75. The van der Waals surface area contributed by atoms with Crippen molar-refractivity contribution >= 4 is 5.78 Å². The van der Waals surface area contributed by atoms with Gasteiger partial charge in [0.2, 0.25) is 0 Å². The smallest absolute Gasteiger partial charge is 0.170 e. The first kappa shape index (κ1) is 18.3. The lowest BCUT2D eigenvalue weighted by Gasteiger charge is -2.32. The molecule has 0 radical (unpaired) electrons. The molecule has 0 spiro atoms. The SMILES string of the molecule is COc1ccc(O)c(CN2CCC[C@H](C(=O)c3cc(F)ccc3F)C2)c1. The quantitative estimate of drug-likeness (QED) is 0.824. The Bertz CT molecular complexity index is 810. The van der Waals surface area contributed by atoms with Crippen molar-refractivity contribution < 1.29 is 23.4 Å². The average Bonchev–Trinajstić information content (AvgIpc) is 2.65. The van der Waals surface area contributed by atoms with Gasteiger partial charge in [0, 0.05) is 24.6 Å². The van der Waals surface area contributed by atoms with E-state index in [-0.39, 0.29) is 17.1 Å². The van der Waals surface area contributed by atoms with Gasteiger partial charge in [0.1, 0.15) is 23.1 Å². The van der Waals surface area contributed by atoms with Crippen LogP contribution in [0.3, 0.4) is 0 Å². The summed E-state index contributed by atoms with van der Waals surface area (Å²) in [6.45, 7) is 1.66. The van der Waals surface area contributed by atoms with Crippen LogP contribution in [0.4, 0.5) is 8.78 Å². The largest absolute Gasteiger partial charge is 0.508 e. The normalized spacial score (nSPS) is 17.9. The Morgan fingerprint density at radius 2 is 2.08 bits per heavy atom. The van der Waals surface area contributed by atoms with Crippen molar-refractivity contribution in [2.24, 2.45) is 5.92 Å². The first-order valence-electron chi connectivity index (χ1n) is 8.55. The molecule has 0 saturated carbocycles. The Labute approximate surface area is 151 Å². The Balaban J connectivity index is 1.73. The summed E-state index contributed by atoms with van der Waals surface area (Å²) >= 11 is 0. The molecule has 1 aliphatic heterocycles. The fourth-order valence-electron chi connectivity index (χ4n) is 3.38. The average molecular weight is 361 g/mol. The summed E-state index contributed by atoms with van der Waals surface area (Å²) < 4.78 is 32.5. The molecule has 0 bridgehead atoms. The number of aromatic hydroxyl groups is 1. The van der Waals surface area contributed by atoms with Gasteiger partial charge in [-0.2, -0.15) is 0 Å². The second kappa shape index (κ2) is 7.83. The van der Waals surface area contributed by atoms with E-state index >= 15 is 0 Å². The predicted octanol–water partition coefficient (Wildman–Crippen LogP) is 3.77. The van der Waals surface area contributed by atoms with Gasteiger partial charge >= 0.3 is 0 Å². The zero-order valence-electron chi connectivity index (χ0n) is 14.5. The van der Waals surface area contributed by atoms with Crippen LogP contribution < -0.4 is 4.74 Å². The Morgan fingerprint density at radius 3 is 2.85 bits per heavy atom. The summed E-state index contributed by atoms with van der Waals surface area (Å²) in [6.07, 6.45) is 1.41. The maximum atomic E-state index is 13.9. The van der Waals surface area contributed by atoms with E-state index in [1.165, 1.54) is 0 Å². The number of rotatable bonds is 5. The lowest BCUT2D eigenvalue weighted by molar-refractivity contribution is 0.0806. The highest BCUT2D eigenvalue weighted by atomic mass is 19.1. The molecule has 6 heteroatoms. The monoisotopic (exact) mass is 361 g/mol. The third kappa shape index (κ3) is 4.02. The number of halogens is 2. The number of phenolic OH excluding ortho intramolecular Hbond substituents is 1. The molecule has 26 heavy (non-hydrogen) atoms. The molecule has 0 aromatic heterocycles. The number of ether oxygens (including phenoxy) is 1. The van der Waals surface area contributed by atoms with Crippen molar-refractivity contribution in [3.63, 3.8) is 0 Å². The molecule has 138 valence electrons. The zero-order chi connectivity index (χ0) is 18.7. The van der Waals surface area contributed by atoms with E-state index < -0.39 is 17.6 Å². The number of phenols is 1. The summed E-state index contributed by atoms with van der Waals surface area (Å²) in [5.74, 6) is -1.28. The fourth-order valence-corrected chi connectivity index (χ4v) is 3.38. The van der Waals surface area contributed by atoms with Crippen LogP contribution in [0.2, 0.25) is 0 Å². The highest BCUT2D eigenvalue weighted by Gasteiger charge is 2.28. The number of nitrogens with zero attached hydrogens (tertiary/aromatic N) is 1. The van der Waals surface area contributed by atoms with Crippen LogP contribution in [0.1, 0.15) is 28.8 Å². The third-order valence-electron chi connectivity index (χ3n) is 4.75. The summed E-state index contributed by atoms with van der Waals surface area (Å²) in [6, 6.07) is 7.96. The number of likely N-dealkylation sites (tertiary alicyclic amines) is 1. The van der Waals surface area contributed by atoms with Crippen LogP contribution in [-0.2, 0) is 6.54 Å². The second-order valence-electron chi connectivity index (χ2n) is 6.56. The van der Waals surface area contributed by atoms with E-state index in [1.807, 2.05) is 4.90 Å². The van der Waals surface area contributed by atoms with Gasteiger partial charge in [-0.1, -0.05) is 0 Å². The molecule has 1 atom stereocenters. The summed E-state index contributed by atoms with van der Waals surface area (Å²) in [7, 11) is 1.55. The first-order chi connectivity index (χ1) is 12.5. The van der Waals surface area contributed by atoms with Gasteiger partial charge in [-0.3, -0.25) is 9.69 Å². The van der Waals surface area contributed by atoms with Gasteiger partial charge in [0.05, 0.1) is 12.7 Å². The number of hydrogen-bond acceptors (Lipinski definition) is 4. The van der Waals surface area contributed by atoms with E-state index in [0.29, 0.717) is 30.8 Å². The molecule has 0 unspecified atom stereocenters. The molecule has 3 rings (SSSR count). The van der Waals surface area contributed by atoms with Crippen LogP contribution in [0, 0.1) is 17.6 Å². The predicted molar refractivity (Wildman–Crippen MR) is 93.3 cm³/mol. The fraction of sp³-hybridized carbons (Fsp3) is 0.350. The topological polar surface area (TPSA) is 49.8 Å². The molecule has 4 nitrogen and oxygen atoms in total. The number of benzene rings is 2. The van der Waals surface area contributed by atoms with E-state index in [4.69, 9.17) is 4.74 Å². The molecule has 2 aromatic rings. The van der Waals surface area contributed by atoms with Gasteiger partial charge in [-0.25, -0.2) is 8.78 Å². The molecular weight excluding hydrogens is 340 g/mol. The highest BCUT2D eigenvalue weighted by molar-refractivity contribution is 5.98. The number of hydrogen-bond donors (Lipinski definition) is 1. The van der Waals surface area contributed by atoms with Crippen molar-refractivity contribution in [3.05, 3.63) is 59.2 Å². The van der Waals surface area contributed by atoms with Gasteiger partial charge in [-0.05, 0) is 55.8 Å². The van der Waals surface area contributed by atoms with Crippen molar-refractivity contribution in [3.8, 4) is 11.5 Å². The van der Waals surface area contributed by atoms with Gasteiger partial charge < -0.3 is 9.84 Å². The van der Waals surface area contributed by atoms with E-state index in [0.717, 1.165) is 31.2 Å². The summed E-state index contributed by atoms with van der Waals surface area (Å²) in [5, 5.41) is 10.0. The Morgan fingerprint density at radius 1 is 1.27 bits per heavy atom. The van der Waals surface area contributed by atoms with Crippen LogP contribution in [0.25, 0.3) is 0 Å². The van der Waals surface area contributed by atoms with Crippen LogP contribution in [-0.4, -0.2) is 36.0 Å². The molecular formula is C20H21F2NO3. The lowest BCUT2D eigenvalue weighted by atomic mass is 9.89. The van der Waals surface area contributed by atoms with Crippen molar-refractivity contribution in [1.82, 2.24) is 4.90 Å². The highest BCUT2D eigenvalue weighted by Crippen LogP contribution is 2.28. The molecule has 1 saturated heterocycles. The number of carbonyl (C=O) groups is 1. The number of piperidine rings is 1. The van der Waals surface area contributed by atoms with Gasteiger partial charge in [0.15, 0.2) is 5.78 Å². The van der Waals surface area contributed by atoms with Crippen LogP contribution in [0.15, 0.2) is 36.4 Å².